The van der Waals surface area contributed by atoms with Crippen LogP contribution in [0.15, 0.2) is 24.3 Å². The van der Waals surface area contributed by atoms with Crippen LogP contribution in [0.4, 0.5) is 5.69 Å². The van der Waals surface area contributed by atoms with E-state index >= 15 is 0 Å². The summed E-state index contributed by atoms with van der Waals surface area (Å²) < 4.78 is 5.55. The Morgan fingerprint density at radius 1 is 1.28 bits per heavy atom. The minimum Gasteiger partial charge on any atom is -0.388 e. The molecule has 0 bridgehead atoms. The minimum atomic E-state index is -1.00. The van der Waals surface area contributed by atoms with E-state index in [9.17, 15) is 20.3 Å². The van der Waals surface area contributed by atoms with Gasteiger partial charge in [-0.05, 0) is 24.1 Å². The SMILES string of the molecule is CCC1OC(c2ccc([N+](=O)[O-])cc2)C(O)C1O. The van der Waals surface area contributed by atoms with Gasteiger partial charge in [0.25, 0.3) is 5.69 Å². The van der Waals surface area contributed by atoms with Crippen LogP contribution >= 0.6 is 0 Å². The van der Waals surface area contributed by atoms with Crippen LogP contribution in [0.25, 0.3) is 0 Å². The van der Waals surface area contributed by atoms with Crippen molar-refractivity contribution in [3.63, 3.8) is 0 Å². The lowest BCUT2D eigenvalue weighted by Gasteiger charge is -2.14. The third-order valence-corrected chi connectivity index (χ3v) is 3.20. The first-order chi connectivity index (χ1) is 8.54. The number of nitrogens with zero attached hydrogens (tertiary/aromatic N) is 1. The predicted octanol–water partition coefficient (Wildman–Crippen LogP) is 1.17. The van der Waals surface area contributed by atoms with Crippen molar-refractivity contribution < 1.29 is 19.9 Å². The van der Waals surface area contributed by atoms with Crippen LogP contribution in [0, 0.1) is 10.1 Å². The zero-order chi connectivity index (χ0) is 13.3. The number of rotatable bonds is 3. The molecule has 1 aromatic carbocycles. The molecule has 0 aromatic heterocycles. The third-order valence-electron chi connectivity index (χ3n) is 3.20. The van der Waals surface area contributed by atoms with E-state index in [-0.39, 0.29) is 5.69 Å². The van der Waals surface area contributed by atoms with Crippen molar-refractivity contribution in [1.82, 2.24) is 0 Å². The number of ether oxygens (including phenoxy) is 1. The highest BCUT2D eigenvalue weighted by atomic mass is 16.6. The minimum absolute atomic E-state index is 0.0150. The van der Waals surface area contributed by atoms with Gasteiger partial charge in [-0.15, -0.1) is 0 Å². The molecule has 6 heteroatoms. The number of hydrogen-bond acceptors (Lipinski definition) is 5. The van der Waals surface area contributed by atoms with Crippen molar-refractivity contribution >= 4 is 5.69 Å². The van der Waals surface area contributed by atoms with Gasteiger partial charge in [0.05, 0.1) is 11.0 Å². The normalized spacial score (nSPS) is 31.5. The molecule has 0 spiro atoms. The third kappa shape index (κ3) is 2.22. The summed E-state index contributed by atoms with van der Waals surface area (Å²) in [5.74, 6) is 0. The van der Waals surface area contributed by atoms with Gasteiger partial charge in [0.15, 0.2) is 0 Å². The molecule has 6 nitrogen and oxygen atoms in total. The first kappa shape index (κ1) is 12.9. The maximum absolute atomic E-state index is 10.5. The Kier molecular flexibility index (Phi) is 3.60. The lowest BCUT2D eigenvalue weighted by molar-refractivity contribution is -0.384. The quantitative estimate of drug-likeness (QED) is 0.623. The summed E-state index contributed by atoms with van der Waals surface area (Å²) in [5.41, 5.74) is 0.613. The Bertz CT molecular complexity index is 433. The molecule has 0 radical (unpaired) electrons. The van der Waals surface area contributed by atoms with Crippen LogP contribution in [0.3, 0.4) is 0 Å². The highest BCUT2D eigenvalue weighted by Gasteiger charge is 2.42. The molecular formula is C12H15NO5. The van der Waals surface area contributed by atoms with Gasteiger partial charge in [-0.3, -0.25) is 10.1 Å². The van der Waals surface area contributed by atoms with Crippen LogP contribution in [0.5, 0.6) is 0 Å². The molecule has 98 valence electrons. The number of aliphatic hydroxyl groups excluding tert-OH is 2. The summed E-state index contributed by atoms with van der Waals surface area (Å²) in [6.07, 6.45) is -2.36. The summed E-state index contributed by atoms with van der Waals surface area (Å²) in [5, 5.41) is 30.2. The molecule has 1 saturated heterocycles. The molecule has 4 atom stereocenters. The number of non-ortho nitro benzene ring substituents is 1. The van der Waals surface area contributed by atoms with E-state index < -0.39 is 29.3 Å². The summed E-state index contributed by atoms with van der Waals surface area (Å²) in [6.45, 7) is 1.86. The van der Waals surface area contributed by atoms with Gasteiger partial charge in [0, 0.05) is 12.1 Å². The number of nitro groups is 1. The molecule has 2 N–H and O–H groups in total. The van der Waals surface area contributed by atoms with Crippen molar-refractivity contribution in [3.8, 4) is 0 Å². The molecule has 4 unspecified atom stereocenters. The summed E-state index contributed by atoms with van der Waals surface area (Å²) >= 11 is 0. The molecule has 0 amide bonds. The highest BCUT2D eigenvalue weighted by molar-refractivity contribution is 5.34. The summed E-state index contributed by atoms with van der Waals surface area (Å²) in [6, 6.07) is 5.79. The average molecular weight is 253 g/mol. The zero-order valence-corrected chi connectivity index (χ0v) is 9.89. The van der Waals surface area contributed by atoms with Crippen molar-refractivity contribution in [1.29, 1.82) is 0 Å². The number of aliphatic hydroxyl groups is 2. The topological polar surface area (TPSA) is 92.8 Å². The first-order valence-corrected chi connectivity index (χ1v) is 5.80. The zero-order valence-electron chi connectivity index (χ0n) is 9.89. The van der Waals surface area contributed by atoms with Gasteiger partial charge >= 0.3 is 0 Å². The Labute approximate surface area is 104 Å². The molecular weight excluding hydrogens is 238 g/mol. The number of benzene rings is 1. The molecule has 1 heterocycles. The standard InChI is InChI=1S/C12H15NO5/c1-2-9-10(14)11(15)12(18-9)7-3-5-8(6-4-7)13(16)17/h3-6,9-12,14-15H,2H2,1H3. The van der Waals surface area contributed by atoms with E-state index in [1.807, 2.05) is 6.92 Å². The Morgan fingerprint density at radius 2 is 1.89 bits per heavy atom. The number of hydrogen-bond donors (Lipinski definition) is 2. The summed E-state index contributed by atoms with van der Waals surface area (Å²) in [4.78, 5) is 10.0. The van der Waals surface area contributed by atoms with Crippen LogP contribution < -0.4 is 0 Å². The molecule has 1 fully saturated rings. The molecule has 1 aromatic rings. The fraction of sp³-hybridized carbons (Fsp3) is 0.500. The van der Waals surface area contributed by atoms with Crippen LogP contribution in [0.1, 0.15) is 25.0 Å². The average Bonchev–Trinajstić information content (AvgIpc) is 2.66. The second-order valence-electron chi connectivity index (χ2n) is 4.33. The highest BCUT2D eigenvalue weighted by Crippen LogP contribution is 2.35. The molecule has 1 aliphatic heterocycles. The summed E-state index contributed by atoms with van der Waals surface area (Å²) in [7, 11) is 0. The van der Waals surface area contributed by atoms with Gasteiger partial charge in [-0.25, -0.2) is 0 Å². The Morgan fingerprint density at radius 3 is 2.33 bits per heavy atom. The van der Waals surface area contributed by atoms with Crippen molar-refractivity contribution in [2.75, 3.05) is 0 Å². The van der Waals surface area contributed by atoms with Crippen LogP contribution in [-0.2, 0) is 4.74 Å². The van der Waals surface area contributed by atoms with Gasteiger partial charge in [0.2, 0.25) is 0 Å². The maximum atomic E-state index is 10.5. The fourth-order valence-corrected chi connectivity index (χ4v) is 2.15. The molecule has 1 aliphatic rings. The predicted molar refractivity (Wildman–Crippen MR) is 63.0 cm³/mol. The van der Waals surface area contributed by atoms with Gasteiger partial charge in [-0.2, -0.15) is 0 Å². The smallest absolute Gasteiger partial charge is 0.269 e. The Balaban J connectivity index is 2.19. The van der Waals surface area contributed by atoms with Gasteiger partial charge in [-0.1, -0.05) is 6.92 Å². The van der Waals surface area contributed by atoms with Crippen molar-refractivity contribution in [3.05, 3.63) is 39.9 Å². The van der Waals surface area contributed by atoms with E-state index in [0.717, 1.165) is 0 Å². The largest absolute Gasteiger partial charge is 0.388 e. The van der Waals surface area contributed by atoms with Gasteiger partial charge < -0.3 is 14.9 Å². The monoisotopic (exact) mass is 253 g/mol. The fourth-order valence-electron chi connectivity index (χ4n) is 2.15. The molecule has 0 saturated carbocycles. The van der Waals surface area contributed by atoms with E-state index in [1.165, 1.54) is 24.3 Å². The van der Waals surface area contributed by atoms with Crippen LogP contribution in [-0.4, -0.2) is 33.4 Å². The molecule has 18 heavy (non-hydrogen) atoms. The maximum Gasteiger partial charge on any atom is 0.269 e. The van der Waals surface area contributed by atoms with Crippen molar-refractivity contribution in [2.24, 2.45) is 0 Å². The molecule has 2 rings (SSSR count). The first-order valence-electron chi connectivity index (χ1n) is 5.80. The lowest BCUT2D eigenvalue weighted by atomic mass is 10.0. The van der Waals surface area contributed by atoms with Gasteiger partial charge in [0.1, 0.15) is 18.3 Å². The second kappa shape index (κ2) is 5.01. The van der Waals surface area contributed by atoms with Crippen molar-refractivity contribution in [2.45, 2.75) is 37.8 Å². The number of nitro benzene ring substituents is 1. The van der Waals surface area contributed by atoms with E-state index in [4.69, 9.17) is 4.74 Å². The van der Waals surface area contributed by atoms with E-state index in [0.29, 0.717) is 12.0 Å². The van der Waals surface area contributed by atoms with E-state index in [1.54, 1.807) is 0 Å². The molecule has 0 aliphatic carbocycles. The lowest BCUT2D eigenvalue weighted by Crippen LogP contribution is -2.29. The van der Waals surface area contributed by atoms with E-state index in [2.05, 4.69) is 0 Å². The second-order valence-corrected chi connectivity index (χ2v) is 4.33. The van der Waals surface area contributed by atoms with Crippen LogP contribution in [0.2, 0.25) is 0 Å². The Hall–Kier alpha value is -1.50.